The van der Waals surface area contributed by atoms with Crippen LogP contribution < -0.4 is 4.90 Å². The summed E-state index contributed by atoms with van der Waals surface area (Å²) < 4.78 is 5.38. The Morgan fingerprint density at radius 3 is 2.78 bits per heavy atom. The molecule has 1 fully saturated rings. The first kappa shape index (κ1) is 15.9. The maximum atomic E-state index is 9.64. The number of benzene rings is 1. The van der Waals surface area contributed by atoms with Gasteiger partial charge in [-0.3, -0.25) is 0 Å². The van der Waals surface area contributed by atoms with Crippen LogP contribution in [0.3, 0.4) is 0 Å². The molecule has 0 amide bonds. The molecule has 0 bridgehead atoms. The summed E-state index contributed by atoms with van der Waals surface area (Å²) in [5, 5.41) is 9.64. The maximum absolute atomic E-state index is 9.64. The van der Waals surface area contributed by atoms with E-state index in [0.717, 1.165) is 48.7 Å². The van der Waals surface area contributed by atoms with E-state index >= 15 is 0 Å². The monoisotopic (exact) mass is 313 g/mol. The van der Waals surface area contributed by atoms with Gasteiger partial charge in [-0.25, -0.2) is 9.97 Å². The van der Waals surface area contributed by atoms with Crippen LogP contribution in [0.5, 0.6) is 0 Å². The Morgan fingerprint density at radius 1 is 1.26 bits per heavy atom. The average molecular weight is 313 g/mol. The largest absolute Gasteiger partial charge is 0.393 e. The first-order chi connectivity index (χ1) is 11.2. The minimum atomic E-state index is -0.181. The predicted molar refractivity (Wildman–Crippen MR) is 90.3 cm³/mol. The molecule has 1 atom stereocenters. The lowest BCUT2D eigenvalue weighted by atomic mass is 10.1. The molecule has 2 heterocycles. The zero-order valence-corrected chi connectivity index (χ0v) is 13.6. The van der Waals surface area contributed by atoms with E-state index < -0.39 is 0 Å². The molecular weight excluding hydrogens is 290 g/mol. The third kappa shape index (κ3) is 3.68. The van der Waals surface area contributed by atoms with Crippen molar-refractivity contribution in [2.24, 2.45) is 0 Å². The molecule has 0 unspecified atom stereocenters. The molecular formula is C18H23N3O2. The minimum Gasteiger partial charge on any atom is -0.393 e. The van der Waals surface area contributed by atoms with E-state index in [1.165, 1.54) is 0 Å². The summed E-state index contributed by atoms with van der Waals surface area (Å²) in [4.78, 5) is 11.3. The lowest BCUT2D eigenvalue weighted by Gasteiger charge is -2.30. The van der Waals surface area contributed by atoms with Gasteiger partial charge in [-0.2, -0.15) is 0 Å². The van der Waals surface area contributed by atoms with Crippen LogP contribution in [0.2, 0.25) is 0 Å². The molecule has 122 valence electrons. The summed E-state index contributed by atoms with van der Waals surface area (Å²) in [6.07, 6.45) is 3.25. The van der Waals surface area contributed by atoms with Gasteiger partial charge in [-0.15, -0.1) is 0 Å². The van der Waals surface area contributed by atoms with Crippen molar-refractivity contribution in [3.05, 3.63) is 42.1 Å². The van der Waals surface area contributed by atoms with E-state index in [1.807, 2.05) is 31.2 Å². The molecule has 0 aliphatic carbocycles. The molecule has 23 heavy (non-hydrogen) atoms. The summed E-state index contributed by atoms with van der Waals surface area (Å²) in [7, 11) is 1.71. The predicted octanol–water partition coefficient (Wildman–Crippen LogP) is 2.81. The van der Waals surface area contributed by atoms with E-state index in [-0.39, 0.29) is 12.2 Å². The van der Waals surface area contributed by atoms with Crippen molar-refractivity contribution in [1.29, 1.82) is 0 Å². The van der Waals surface area contributed by atoms with Gasteiger partial charge < -0.3 is 14.7 Å². The van der Waals surface area contributed by atoms with Crippen LogP contribution in [0.4, 0.5) is 5.82 Å². The second-order valence-corrected chi connectivity index (χ2v) is 5.96. The van der Waals surface area contributed by atoms with Crippen molar-refractivity contribution in [1.82, 2.24) is 9.97 Å². The van der Waals surface area contributed by atoms with Gasteiger partial charge in [-0.1, -0.05) is 18.2 Å². The van der Waals surface area contributed by atoms with Crippen molar-refractivity contribution >= 4 is 5.82 Å². The van der Waals surface area contributed by atoms with Gasteiger partial charge >= 0.3 is 0 Å². The number of methoxy groups -OCH3 is 1. The van der Waals surface area contributed by atoms with Crippen LogP contribution in [0.25, 0.3) is 11.4 Å². The Balaban J connectivity index is 1.85. The second-order valence-electron chi connectivity index (χ2n) is 5.96. The van der Waals surface area contributed by atoms with Crippen molar-refractivity contribution in [3.63, 3.8) is 0 Å². The van der Waals surface area contributed by atoms with E-state index in [0.29, 0.717) is 0 Å². The summed E-state index contributed by atoms with van der Waals surface area (Å²) >= 11 is 0. The highest BCUT2D eigenvalue weighted by Crippen LogP contribution is 2.24. The van der Waals surface area contributed by atoms with Gasteiger partial charge in [-0.05, 0) is 37.5 Å². The Kier molecular flexibility index (Phi) is 4.88. The smallest absolute Gasteiger partial charge is 0.161 e. The van der Waals surface area contributed by atoms with Crippen LogP contribution in [0.15, 0.2) is 36.5 Å². The Morgan fingerprint density at radius 2 is 2.04 bits per heavy atom. The molecule has 1 aromatic carbocycles. The van der Waals surface area contributed by atoms with Crippen LogP contribution in [0.1, 0.15) is 31.4 Å². The van der Waals surface area contributed by atoms with E-state index in [1.54, 1.807) is 13.3 Å². The van der Waals surface area contributed by atoms with E-state index in [9.17, 15) is 5.11 Å². The standard InChI is InChI=1S/C18H23N3O2/c1-13(23-2)14-4-3-5-15(12-14)18-19-9-6-17(20-18)21-10-7-16(22)8-11-21/h3-6,9,12-13,16,22H,7-8,10-11H2,1-2H3/t13-/m1/s1. The number of hydrogen-bond acceptors (Lipinski definition) is 5. The Hall–Kier alpha value is -1.98. The van der Waals surface area contributed by atoms with Crippen LogP contribution >= 0.6 is 0 Å². The third-order valence-electron chi connectivity index (χ3n) is 4.40. The van der Waals surface area contributed by atoms with E-state index in [2.05, 4.69) is 16.0 Å². The fourth-order valence-corrected chi connectivity index (χ4v) is 2.83. The molecule has 1 aromatic heterocycles. The first-order valence-corrected chi connectivity index (χ1v) is 8.06. The summed E-state index contributed by atoms with van der Waals surface area (Å²) in [5.74, 6) is 1.64. The van der Waals surface area contributed by atoms with Crippen LogP contribution in [0, 0.1) is 0 Å². The highest BCUT2D eigenvalue weighted by Gasteiger charge is 2.18. The second kappa shape index (κ2) is 7.06. The quantitative estimate of drug-likeness (QED) is 0.940. The number of anilines is 1. The number of hydrogen-bond donors (Lipinski definition) is 1. The number of aromatic nitrogens is 2. The van der Waals surface area contributed by atoms with Gasteiger partial charge in [0.15, 0.2) is 5.82 Å². The van der Waals surface area contributed by atoms with Gasteiger partial charge in [0.2, 0.25) is 0 Å². The van der Waals surface area contributed by atoms with Crippen molar-refractivity contribution in [3.8, 4) is 11.4 Å². The molecule has 5 heteroatoms. The molecule has 0 saturated carbocycles. The first-order valence-electron chi connectivity index (χ1n) is 8.06. The number of ether oxygens (including phenoxy) is 1. The molecule has 0 radical (unpaired) electrons. The number of aliphatic hydroxyl groups excluding tert-OH is 1. The lowest BCUT2D eigenvalue weighted by Crippen LogP contribution is -2.36. The average Bonchev–Trinajstić information content (AvgIpc) is 2.62. The number of aliphatic hydroxyl groups is 1. The molecule has 3 rings (SSSR count). The van der Waals surface area contributed by atoms with Crippen LogP contribution in [-0.2, 0) is 4.74 Å². The molecule has 0 spiro atoms. The molecule has 1 N–H and O–H groups in total. The fourth-order valence-electron chi connectivity index (χ4n) is 2.83. The summed E-state index contributed by atoms with van der Waals surface area (Å²) in [6.45, 7) is 3.69. The molecule has 1 aliphatic rings. The fraction of sp³-hybridized carbons (Fsp3) is 0.444. The van der Waals surface area contributed by atoms with Gasteiger partial charge in [0.1, 0.15) is 5.82 Å². The van der Waals surface area contributed by atoms with E-state index in [4.69, 9.17) is 9.72 Å². The molecule has 5 nitrogen and oxygen atoms in total. The van der Waals surface area contributed by atoms with Gasteiger partial charge in [0.25, 0.3) is 0 Å². The Bertz CT molecular complexity index is 654. The number of rotatable bonds is 4. The zero-order chi connectivity index (χ0) is 16.2. The lowest BCUT2D eigenvalue weighted by molar-refractivity contribution is 0.119. The van der Waals surface area contributed by atoms with Crippen LogP contribution in [-0.4, -0.2) is 41.4 Å². The van der Waals surface area contributed by atoms with Gasteiger partial charge in [0, 0.05) is 32.0 Å². The summed E-state index contributed by atoms with van der Waals surface area (Å²) in [6, 6.07) is 10.1. The van der Waals surface area contributed by atoms with Crippen molar-refractivity contribution in [2.45, 2.75) is 32.0 Å². The molecule has 1 aliphatic heterocycles. The minimum absolute atomic E-state index is 0.0433. The van der Waals surface area contributed by atoms with Gasteiger partial charge in [0.05, 0.1) is 12.2 Å². The highest BCUT2D eigenvalue weighted by molar-refractivity contribution is 5.58. The number of nitrogens with zero attached hydrogens (tertiary/aromatic N) is 3. The highest BCUT2D eigenvalue weighted by atomic mass is 16.5. The normalized spacial score (nSPS) is 17.3. The third-order valence-corrected chi connectivity index (χ3v) is 4.40. The zero-order valence-electron chi connectivity index (χ0n) is 13.6. The topological polar surface area (TPSA) is 58.5 Å². The molecule has 2 aromatic rings. The van der Waals surface area contributed by atoms with Crippen molar-refractivity contribution in [2.75, 3.05) is 25.1 Å². The summed E-state index contributed by atoms with van der Waals surface area (Å²) in [5.41, 5.74) is 2.10. The molecule has 1 saturated heterocycles. The Labute approximate surface area is 137 Å². The van der Waals surface area contributed by atoms with Crippen molar-refractivity contribution < 1.29 is 9.84 Å². The number of piperidine rings is 1. The SMILES string of the molecule is CO[C@H](C)c1cccc(-c2nccc(N3CCC(O)CC3)n2)c1. The maximum Gasteiger partial charge on any atom is 0.161 e.